The quantitative estimate of drug-likeness (QED) is 0.805. The summed E-state index contributed by atoms with van der Waals surface area (Å²) in [6, 6.07) is 6.33. The zero-order valence-electron chi connectivity index (χ0n) is 10.3. The summed E-state index contributed by atoms with van der Waals surface area (Å²) >= 11 is 0. The zero-order chi connectivity index (χ0) is 12.2. The van der Waals surface area contributed by atoms with Gasteiger partial charge in [0.2, 0.25) is 0 Å². The molecule has 1 nitrogen and oxygen atoms in total. The van der Waals surface area contributed by atoms with Gasteiger partial charge in [-0.1, -0.05) is 45.7 Å². The molecule has 1 rings (SSSR count). The van der Waals surface area contributed by atoms with E-state index in [1.165, 1.54) is 12.1 Å². The van der Waals surface area contributed by atoms with Crippen LogP contribution in [0.1, 0.15) is 45.6 Å². The lowest BCUT2D eigenvalue weighted by Gasteiger charge is -2.35. The second kappa shape index (κ2) is 5.44. The molecular formula is C14H21FO. The molecule has 1 N–H and O–H groups in total. The van der Waals surface area contributed by atoms with Crippen molar-refractivity contribution in [1.29, 1.82) is 0 Å². The van der Waals surface area contributed by atoms with E-state index in [2.05, 4.69) is 13.8 Å². The molecule has 16 heavy (non-hydrogen) atoms. The van der Waals surface area contributed by atoms with Gasteiger partial charge >= 0.3 is 0 Å². The van der Waals surface area contributed by atoms with Crippen LogP contribution in [-0.2, 0) is 5.60 Å². The molecule has 90 valence electrons. The van der Waals surface area contributed by atoms with Crippen molar-refractivity contribution in [2.24, 2.45) is 5.92 Å². The van der Waals surface area contributed by atoms with Gasteiger partial charge in [-0.15, -0.1) is 0 Å². The predicted molar refractivity (Wildman–Crippen MR) is 64.7 cm³/mol. The number of halogens is 1. The van der Waals surface area contributed by atoms with E-state index in [0.717, 1.165) is 12.8 Å². The lowest BCUT2D eigenvalue weighted by Crippen LogP contribution is -2.34. The van der Waals surface area contributed by atoms with E-state index < -0.39 is 5.60 Å². The molecule has 0 radical (unpaired) electrons. The second-order valence-corrected chi connectivity index (χ2v) is 4.30. The molecule has 0 aliphatic rings. The number of rotatable bonds is 5. The van der Waals surface area contributed by atoms with Gasteiger partial charge in [-0.2, -0.15) is 0 Å². The van der Waals surface area contributed by atoms with Crippen LogP contribution in [0.25, 0.3) is 0 Å². The van der Waals surface area contributed by atoms with Gasteiger partial charge in [0.15, 0.2) is 0 Å². The van der Waals surface area contributed by atoms with Gasteiger partial charge in [-0.25, -0.2) is 4.39 Å². The summed E-state index contributed by atoms with van der Waals surface area (Å²) in [7, 11) is 0. The van der Waals surface area contributed by atoms with Crippen LogP contribution in [0.4, 0.5) is 4.39 Å². The maximum Gasteiger partial charge on any atom is 0.123 e. The summed E-state index contributed by atoms with van der Waals surface area (Å²) in [4.78, 5) is 0. The minimum Gasteiger partial charge on any atom is -0.385 e. The van der Waals surface area contributed by atoms with Crippen LogP contribution in [0, 0.1) is 11.7 Å². The van der Waals surface area contributed by atoms with E-state index in [1.54, 1.807) is 6.07 Å². The molecule has 0 spiro atoms. The Morgan fingerprint density at radius 2 is 1.88 bits per heavy atom. The first-order chi connectivity index (χ1) is 7.58. The van der Waals surface area contributed by atoms with Crippen molar-refractivity contribution in [2.45, 2.75) is 45.6 Å². The molecule has 1 unspecified atom stereocenters. The fourth-order valence-corrected chi connectivity index (χ4v) is 2.45. The summed E-state index contributed by atoms with van der Waals surface area (Å²) in [6.45, 7) is 6.07. The minimum absolute atomic E-state index is 0.180. The number of hydrogen-bond donors (Lipinski definition) is 1. The third-order valence-corrected chi connectivity index (χ3v) is 3.52. The highest BCUT2D eigenvalue weighted by Crippen LogP contribution is 2.37. The monoisotopic (exact) mass is 224 g/mol. The molecule has 0 fully saturated rings. The van der Waals surface area contributed by atoms with Gasteiger partial charge in [0.05, 0.1) is 5.60 Å². The first kappa shape index (κ1) is 13.2. The smallest absolute Gasteiger partial charge is 0.123 e. The van der Waals surface area contributed by atoms with Crippen molar-refractivity contribution in [1.82, 2.24) is 0 Å². The zero-order valence-corrected chi connectivity index (χ0v) is 10.3. The van der Waals surface area contributed by atoms with Crippen molar-refractivity contribution >= 4 is 0 Å². The maximum absolute atomic E-state index is 13.2. The molecule has 0 amide bonds. The van der Waals surface area contributed by atoms with E-state index in [1.807, 2.05) is 13.0 Å². The van der Waals surface area contributed by atoms with Gasteiger partial charge in [0.1, 0.15) is 5.82 Å². The van der Waals surface area contributed by atoms with Crippen molar-refractivity contribution in [2.75, 3.05) is 0 Å². The second-order valence-electron chi connectivity index (χ2n) is 4.30. The minimum atomic E-state index is -0.897. The summed E-state index contributed by atoms with van der Waals surface area (Å²) in [5.74, 6) is -0.102. The molecule has 0 bridgehead atoms. The average molecular weight is 224 g/mol. The van der Waals surface area contributed by atoms with Crippen LogP contribution < -0.4 is 0 Å². The summed E-state index contributed by atoms with van der Waals surface area (Å²) < 4.78 is 13.2. The molecule has 1 atom stereocenters. The maximum atomic E-state index is 13.2. The highest BCUT2D eigenvalue weighted by atomic mass is 19.1. The number of aliphatic hydroxyl groups is 1. The Bertz CT molecular complexity index is 333. The third kappa shape index (κ3) is 2.43. The van der Waals surface area contributed by atoms with Crippen LogP contribution in [0.2, 0.25) is 0 Å². The van der Waals surface area contributed by atoms with E-state index >= 15 is 0 Å². The van der Waals surface area contributed by atoms with E-state index in [4.69, 9.17) is 0 Å². The summed E-state index contributed by atoms with van der Waals surface area (Å²) in [5.41, 5.74) is -0.199. The fraction of sp³-hybridized carbons (Fsp3) is 0.571. The molecule has 1 aromatic carbocycles. The first-order valence-electron chi connectivity index (χ1n) is 6.06. The summed E-state index contributed by atoms with van der Waals surface area (Å²) in [5, 5.41) is 10.7. The Balaban J connectivity index is 3.13. The average Bonchev–Trinajstić information content (AvgIpc) is 2.30. The van der Waals surface area contributed by atoms with Crippen LogP contribution >= 0.6 is 0 Å². The lowest BCUT2D eigenvalue weighted by atomic mass is 9.76. The number of benzene rings is 1. The molecule has 0 heterocycles. The molecule has 0 aliphatic heterocycles. The Morgan fingerprint density at radius 3 is 2.31 bits per heavy atom. The highest BCUT2D eigenvalue weighted by Gasteiger charge is 2.34. The van der Waals surface area contributed by atoms with Gasteiger partial charge < -0.3 is 5.11 Å². The predicted octanol–water partition coefficient (Wildman–Crippen LogP) is 3.86. The van der Waals surface area contributed by atoms with Gasteiger partial charge in [-0.05, 0) is 30.0 Å². The SMILES string of the molecule is CCC(CC)C(O)(CC)c1cccc(F)c1. The standard InChI is InChI=1S/C14H21FO/c1-4-11(5-2)14(16,6-3)12-8-7-9-13(15)10-12/h7-11,16H,4-6H2,1-3H3. The van der Waals surface area contributed by atoms with Crippen molar-refractivity contribution in [3.05, 3.63) is 35.6 Å². The first-order valence-corrected chi connectivity index (χ1v) is 6.06. The Hall–Kier alpha value is -0.890. The van der Waals surface area contributed by atoms with Gasteiger partial charge in [-0.3, -0.25) is 0 Å². The molecule has 0 saturated carbocycles. The van der Waals surface area contributed by atoms with Crippen LogP contribution in [0.5, 0.6) is 0 Å². The normalized spacial score (nSPS) is 15.1. The van der Waals surface area contributed by atoms with E-state index in [0.29, 0.717) is 12.0 Å². The Morgan fingerprint density at radius 1 is 1.25 bits per heavy atom. The molecule has 1 aromatic rings. The van der Waals surface area contributed by atoms with Crippen LogP contribution in [0.15, 0.2) is 24.3 Å². The molecule has 0 saturated heterocycles. The topological polar surface area (TPSA) is 20.2 Å². The van der Waals surface area contributed by atoms with Crippen LogP contribution in [-0.4, -0.2) is 5.11 Å². The molecule has 0 aliphatic carbocycles. The van der Waals surface area contributed by atoms with Gasteiger partial charge in [0, 0.05) is 0 Å². The Labute approximate surface area is 97.3 Å². The lowest BCUT2D eigenvalue weighted by molar-refractivity contribution is -0.0315. The fourth-order valence-electron chi connectivity index (χ4n) is 2.45. The van der Waals surface area contributed by atoms with E-state index in [9.17, 15) is 9.50 Å². The van der Waals surface area contributed by atoms with Crippen molar-refractivity contribution < 1.29 is 9.50 Å². The molecular weight excluding hydrogens is 203 g/mol. The Kier molecular flexibility index (Phi) is 4.48. The largest absolute Gasteiger partial charge is 0.385 e. The van der Waals surface area contributed by atoms with Gasteiger partial charge in [0.25, 0.3) is 0 Å². The van der Waals surface area contributed by atoms with Crippen LogP contribution in [0.3, 0.4) is 0 Å². The van der Waals surface area contributed by atoms with E-state index in [-0.39, 0.29) is 11.7 Å². The summed E-state index contributed by atoms with van der Waals surface area (Å²) in [6.07, 6.45) is 2.41. The molecule has 2 heteroatoms. The highest BCUT2D eigenvalue weighted by molar-refractivity contribution is 5.24. The third-order valence-electron chi connectivity index (χ3n) is 3.52. The molecule has 0 aromatic heterocycles. The van der Waals surface area contributed by atoms with Crippen molar-refractivity contribution in [3.8, 4) is 0 Å². The number of hydrogen-bond acceptors (Lipinski definition) is 1. The van der Waals surface area contributed by atoms with Crippen molar-refractivity contribution in [3.63, 3.8) is 0 Å².